The molecule has 106 valence electrons. The fourth-order valence-corrected chi connectivity index (χ4v) is 2.32. The molecular weight excluding hydrogens is 280 g/mol. The number of halogens is 3. The molecule has 0 bridgehead atoms. The minimum Gasteiger partial charge on any atom is -0.313 e. The first kappa shape index (κ1) is 14.9. The number of aryl methyl sites for hydroxylation is 1. The minimum absolute atomic E-state index is 0.121. The van der Waals surface area contributed by atoms with Crippen molar-refractivity contribution in [2.45, 2.75) is 19.4 Å². The molecule has 1 atom stereocenters. The number of benzene rings is 2. The van der Waals surface area contributed by atoms with E-state index in [1.165, 1.54) is 6.07 Å². The third kappa shape index (κ3) is 3.35. The molecule has 0 saturated carbocycles. The highest BCUT2D eigenvalue weighted by atomic mass is 35.5. The van der Waals surface area contributed by atoms with Gasteiger partial charge in [0.25, 0.3) is 0 Å². The summed E-state index contributed by atoms with van der Waals surface area (Å²) in [6.45, 7) is 1.92. The standard InChI is InChI=1S/C16H16ClF2N/c1-10-3-4-11(8-14(10)17)16(20-2)9-12-7-13(18)5-6-15(12)19/h3-8,16,20H,9H2,1-2H3. The Hall–Kier alpha value is -1.45. The molecule has 0 aromatic heterocycles. The van der Waals surface area contributed by atoms with Gasteiger partial charge in [-0.2, -0.15) is 0 Å². The summed E-state index contributed by atoms with van der Waals surface area (Å²) in [5, 5.41) is 3.78. The molecule has 2 rings (SSSR count). The second-order valence-electron chi connectivity index (χ2n) is 4.79. The van der Waals surface area contributed by atoms with Crippen LogP contribution in [-0.2, 0) is 6.42 Å². The average molecular weight is 296 g/mol. The van der Waals surface area contributed by atoms with Crippen LogP contribution in [0.3, 0.4) is 0 Å². The first-order valence-corrected chi connectivity index (χ1v) is 6.76. The molecular formula is C16H16ClF2N. The van der Waals surface area contributed by atoms with Crippen molar-refractivity contribution >= 4 is 11.6 Å². The third-order valence-electron chi connectivity index (χ3n) is 3.38. The van der Waals surface area contributed by atoms with Crippen LogP contribution < -0.4 is 5.32 Å². The van der Waals surface area contributed by atoms with E-state index in [0.29, 0.717) is 17.0 Å². The van der Waals surface area contributed by atoms with E-state index in [1.54, 1.807) is 7.05 Å². The van der Waals surface area contributed by atoms with Gasteiger partial charge in [0.15, 0.2) is 0 Å². The van der Waals surface area contributed by atoms with Crippen LogP contribution in [0.4, 0.5) is 8.78 Å². The molecule has 0 aliphatic rings. The highest BCUT2D eigenvalue weighted by Crippen LogP contribution is 2.25. The molecule has 20 heavy (non-hydrogen) atoms. The topological polar surface area (TPSA) is 12.0 Å². The predicted molar refractivity (Wildman–Crippen MR) is 78.1 cm³/mol. The van der Waals surface area contributed by atoms with E-state index in [1.807, 2.05) is 25.1 Å². The normalized spacial score (nSPS) is 12.4. The summed E-state index contributed by atoms with van der Waals surface area (Å²) in [4.78, 5) is 0. The summed E-state index contributed by atoms with van der Waals surface area (Å²) in [7, 11) is 1.79. The van der Waals surface area contributed by atoms with E-state index in [2.05, 4.69) is 5.32 Å². The number of hydrogen-bond donors (Lipinski definition) is 1. The Labute approximate surface area is 122 Å². The molecule has 4 heteroatoms. The quantitative estimate of drug-likeness (QED) is 0.880. The lowest BCUT2D eigenvalue weighted by molar-refractivity contribution is 0.544. The maximum atomic E-state index is 13.7. The second-order valence-corrected chi connectivity index (χ2v) is 5.20. The Morgan fingerprint density at radius 1 is 1.15 bits per heavy atom. The highest BCUT2D eigenvalue weighted by Gasteiger charge is 2.14. The SMILES string of the molecule is CNC(Cc1cc(F)ccc1F)c1ccc(C)c(Cl)c1. The van der Waals surface area contributed by atoms with Gasteiger partial charge in [-0.3, -0.25) is 0 Å². The van der Waals surface area contributed by atoms with Gasteiger partial charge in [0.1, 0.15) is 11.6 Å². The zero-order valence-electron chi connectivity index (χ0n) is 11.4. The molecule has 1 nitrogen and oxygen atoms in total. The molecule has 0 aliphatic heterocycles. The van der Waals surface area contributed by atoms with Crippen LogP contribution in [0.5, 0.6) is 0 Å². The van der Waals surface area contributed by atoms with Crippen molar-refractivity contribution in [2.75, 3.05) is 7.05 Å². The molecule has 2 aromatic rings. The maximum Gasteiger partial charge on any atom is 0.126 e. The third-order valence-corrected chi connectivity index (χ3v) is 3.79. The van der Waals surface area contributed by atoms with Crippen molar-refractivity contribution in [3.63, 3.8) is 0 Å². The number of nitrogens with one attached hydrogen (secondary N) is 1. The summed E-state index contributed by atoms with van der Waals surface area (Å²) in [6, 6.07) is 9.10. The van der Waals surface area contributed by atoms with Crippen LogP contribution >= 0.6 is 11.6 Å². The van der Waals surface area contributed by atoms with Crippen LogP contribution in [0.2, 0.25) is 5.02 Å². The van der Waals surface area contributed by atoms with Crippen molar-refractivity contribution in [3.05, 3.63) is 69.7 Å². The number of hydrogen-bond acceptors (Lipinski definition) is 1. The van der Waals surface area contributed by atoms with Crippen molar-refractivity contribution < 1.29 is 8.78 Å². The first-order valence-electron chi connectivity index (χ1n) is 6.38. The smallest absolute Gasteiger partial charge is 0.126 e. The van der Waals surface area contributed by atoms with E-state index >= 15 is 0 Å². The van der Waals surface area contributed by atoms with E-state index in [9.17, 15) is 8.78 Å². The fourth-order valence-electron chi connectivity index (χ4n) is 2.13. The molecule has 0 fully saturated rings. The van der Waals surface area contributed by atoms with Crippen molar-refractivity contribution in [1.82, 2.24) is 5.32 Å². The van der Waals surface area contributed by atoms with Crippen LogP contribution in [0.15, 0.2) is 36.4 Å². The molecule has 0 heterocycles. The van der Waals surface area contributed by atoms with Crippen molar-refractivity contribution in [2.24, 2.45) is 0 Å². The monoisotopic (exact) mass is 295 g/mol. The summed E-state index contributed by atoms with van der Waals surface area (Å²) in [5.74, 6) is -0.831. The summed E-state index contributed by atoms with van der Waals surface area (Å²) < 4.78 is 26.9. The average Bonchev–Trinajstić information content (AvgIpc) is 2.43. The summed E-state index contributed by atoms with van der Waals surface area (Å²) in [6.07, 6.45) is 0.361. The lowest BCUT2D eigenvalue weighted by Crippen LogP contribution is -2.19. The Morgan fingerprint density at radius 2 is 1.90 bits per heavy atom. The minimum atomic E-state index is -0.432. The maximum absolute atomic E-state index is 13.7. The zero-order chi connectivity index (χ0) is 14.7. The van der Waals surface area contributed by atoms with Gasteiger partial charge in [-0.05, 0) is 61.3 Å². The molecule has 0 saturated heterocycles. The molecule has 0 aliphatic carbocycles. The molecule has 0 radical (unpaired) electrons. The van der Waals surface area contributed by atoms with Crippen LogP contribution in [0, 0.1) is 18.6 Å². The van der Waals surface area contributed by atoms with Gasteiger partial charge in [0, 0.05) is 11.1 Å². The molecule has 1 unspecified atom stereocenters. The van der Waals surface area contributed by atoms with Crippen LogP contribution in [-0.4, -0.2) is 7.05 Å². The number of rotatable bonds is 4. The van der Waals surface area contributed by atoms with E-state index in [4.69, 9.17) is 11.6 Å². The fraction of sp³-hybridized carbons (Fsp3) is 0.250. The molecule has 1 N–H and O–H groups in total. The second kappa shape index (κ2) is 6.33. The van der Waals surface area contributed by atoms with Gasteiger partial charge in [0.2, 0.25) is 0 Å². The summed E-state index contributed by atoms with van der Waals surface area (Å²) >= 11 is 6.11. The zero-order valence-corrected chi connectivity index (χ0v) is 12.1. The Bertz CT molecular complexity index is 613. The van der Waals surface area contributed by atoms with Gasteiger partial charge < -0.3 is 5.32 Å². The van der Waals surface area contributed by atoms with Crippen LogP contribution in [0.25, 0.3) is 0 Å². The summed E-state index contributed by atoms with van der Waals surface area (Å²) in [5.41, 5.74) is 2.29. The lowest BCUT2D eigenvalue weighted by atomic mass is 9.98. The van der Waals surface area contributed by atoms with Crippen LogP contribution in [0.1, 0.15) is 22.7 Å². The Morgan fingerprint density at radius 3 is 2.55 bits per heavy atom. The van der Waals surface area contributed by atoms with Gasteiger partial charge in [-0.25, -0.2) is 8.78 Å². The van der Waals surface area contributed by atoms with E-state index in [-0.39, 0.29) is 6.04 Å². The largest absolute Gasteiger partial charge is 0.313 e. The van der Waals surface area contributed by atoms with E-state index < -0.39 is 11.6 Å². The molecule has 0 spiro atoms. The van der Waals surface area contributed by atoms with Crippen molar-refractivity contribution in [3.8, 4) is 0 Å². The Balaban J connectivity index is 2.28. The highest BCUT2D eigenvalue weighted by molar-refractivity contribution is 6.31. The Kier molecular flexibility index (Phi) is 4.73. The van der Waals surface area contributed by atoms with Gasteiger partial charge >= 0.3 is 0 Å². The molecule has 0 amide bonds. The lowest BCUT2D eigenvalue weighted by Gasteiger charge is -2.18. The van der Waals surface area contributed by atoms with Crippen molar-refractivity contribution in [1.29, 1.82) is 0 Å². The molecule has 2 aromatic carbocycles. The number of likely N-dealkylation sites (N-methyl/N-ethyl adjacent to an activating group) is 1. The van der Waals surface area contributed by atoms with E-state index in [0.717, 1.165) is 23.3 Å². The van der Waals surface area contributed by atoms with Gasteiger partial charge in [-0.1, -0.05) is 23.7 Å². The van der Waals surface area contributed by atoms with Gasteiger partial charge in [-0.15, -0.1) is 0 Å². The first-order chi connectivity index (χ1) is 9.51. The van der Waals surface area contributed by atoms with Gasteiger partial charge in [0.05, 0.1) is 0 Å². The predicted octanol–water partition coefficient (Wildman–Crippen LogP) is 4.43.